The van der Waals surface area contributed by atoms with Crippen molar-refractivity contribution in [1.82, 2.24) is 20.4 Å². The summed E-state index contributed by atoms with van der Waals surface area (Å²) in [6, 6.07) is 15.9. The number of methoxy groups -OCH3 is 2. The minimum atomic E-state index is -1.13. The van der Waals surface area contributed by atoms with Crippen LogP contribution in [0.2, 0.25) is 0 Å². The number of benzene rings is 2. The highest BCUT2D eigenvalue weighted by molar-refractivity contribution is 5.62. The predicted octanol–water partition coefficient (Wildman–Crippen LogP) is 3.31. The molecule has 0 aliphatic carbocycles. The number of hydrazine groups is 2. The quantitative estimate of drug-likeness (QED) is 0.537. The first-order chi connectivity index (χ1) is 17.1. The number of hydrazone groups is 1. The third-order valence-electron chi connectivity index (χ3n) is 6.42. The summed E-state index contributed by atoms with van der Waals surface area (Å²) in [5, 5.41) is 19.9. The smallest absolute Gasteiger partial charge is 0.208 e. The molecule has 0 spiro atoms. The van der Waals surface area contributed by atoms with Gasteiger partial charge in [-0.15, -0.1) is 10.6 Å². The van der Waals surface area contributed by atoms with E-state index >= 15 is 0 Å². The summed E-state index contributed by atoms with van der Waals surface area (Å²) in [6.07, 6.45) is 5.54. The lowest BCUT2D eigenvalue weighted by Crippen LogP contribution is -2.42. The molecular weight excluding hydrogens is 444 g/mol. The van der Waals surface area contributed by atoms with E-state index in [0.717, 1.165) is 49.7 Å². The van der Waals surface area contributed by atoms with Crippen LogP contribution in [0.25, 0.3) is 0 Å². The van der Waals surface area contributed by atoms with Gasteiger partial charge in [-0.3, -0.25) is 9.88 Å². The number of nitrogens with zero attached hydrogens (tertiary/aromatic N) is 5. The summed E-state index contributed by atoms with van der Waals surface area (Å²) in [4.78, 5) is 6.49. The van der Waals surface area contributed by atoms with Gasteiger partial charge in [0.15, 0.2) is 11.5 Å². The van der Waals surface area contributed by atoms with Crippen molar-refractivity contribution in [3.8, 4) is 11.5 Å². The van der Waals surface area contributed by atoms with Crippen molar-refractivity contribution in [3.63, 3.8) is 0 Å². The standard InChI is InChI=1S/C26H29N6O3/c1-34-24-14-20-10-13-30(17-22(20)15-25(24)35-2)12-9-19-5-7-23(8-6-19)32-28-18-31(29-32)26(33)21-4-3-11-27-16-21/h3-8,11,14-16,18,26,29H,9-10,12-13,17H2,1-2H3. The van der Waals surface area contributed by atoms with Crippen LogP contribution in [0.15, 0.2) is 66.0 Å². The molecule has 0 saturated carbocycles. The van der Waals surface area contributed by atoms with Crippen molar-refractivity contribution in [3.05, 3.63) is 83.2 Å². The molecule has 1 atom stereocenters. The summed E-state index contributed by atoms with van der Waals surface area (Å²) in [6.45, 7) is 2.91. The van der Waals surface area contributed by atoms with Gasteiger partial charge in [-0.1, -0.05) is 18.2 Å². The molecule has 181 valence electrons. The van der Waals surface area contributed by atoms with Gasteiger partial charge in [0.2, 0.25) is 6.23 Å². The fourth-order valence-electron chi connectivity index (χ4n) is 4.41. The molecular formula is C26H29N6O3. The Kier molecular flexibility index (Phi) is 6.80. The Labute approximate surface area is 205 Å². The second-order valence-corrected chi connectivity index (χ2v) is 8.61. The number of pyridine rings is 1. The van der Waals surface area contributed by atoms with Gasteiger partial charge in [0.1, 0.15) is 6.34 Å². The molecule has 2 aliphatic heterocycles. The highest BCUT2D eigenvalue weighted by atomic mass is 16.5. The highest BCUT2D eigenvalue weighted by Crippen LogP contribution is 2.33. The number of fused-ring (bicyclic) bond motifs is 1. The second-order valence-electron chi connectivity index (χ2n) is 8.61. The minimum Gasteiger partial charge on any atom is -0.493 e. The van der Waals surface area contributed by atoms with E-state index in [1.54, 1.807) is 43.9 Å². The average Bonchev–Trinajstić information content (AvgIpc) is 3.41. The topological polar surface area (TPSA) is 85.4 Å². The zero-order chi connectivity index (χ0) is 24.2. The summed E-state index contributed by atoms with van der Waals surface area (Å²) < 4.78 is 10.9. The van der Waals surface area contributed by atoms with Gasteiger partial charge < -0.3 is 9.47 Å². The molecule has 9 nitrogen and oxygen atoms in total. The minimum absolute atomic E-state index is 0.571. The lowest BCUT2D eigenvalue weighted by Gasteiger charge is -2.29. The number of aromatic nitrogens is 1. The molecule has 3 heterocycles. The van der Waals surface area contributed by atoms with Gasteiger partial charge in [0.25, 0.3) is 0 Å². The van der Waals surface area contributed by atoms with Gasteiger partial charge in [0.05, 0.1) is 19.9 Å². The molecule has 3 aromatic rings. The Balaban J connectivity index is 1.15. The maximum Gasteiger partial charge on any atom is 0.208 e. The van der Waals surface area contributed by atoms with E-state index in [9.17, 15) is 5.11 Å². The number of anilines is 1. The van der Waals surface area contributed by atoms with Crippen LogP contribution in [0.3, 0.4) is 0 Å². The van der Waals surface area contributed by atoms with Gasteiger partial charge >= 0.3 is 0 Å². The van der Waals surface area contributed by atoms with Crippen LogP contribution in [-0.4, -0.2) is 48.5 Å². The molecule has 1 radical (unpaired) electrons. The van der Waals surface area contributed by atoms with Crippen molar-refractivity contribution in [1.29, 1.82) is 0 Å². The third kappa shape index (κ3) is 5.07. The molecule has 0 amide bonds. The predicted molar refractivity (Wildman–Crippen MR) is 132 cm³/mol. The van der Waals surface area contributed by atoms with E-state index in [1.165, 1.54) is 28.0 Å². The fraction of sp³-hybridized carbons (Fsp3) is 0.308. The second kappa shape index (κ2) is 10.3. The summed E-state index contributed by atoms with van der Waals surface area (Å²) in [5.74, 6) is 1.58. The van der Waals surface area contributed by atoms with Crippen LogP contribution in [0.1, 0.15) is 28.5 Å². The number of hydrogen-bond donors (Lipinski definition) is 1. The normalized spacial score (nSPS) is 16.3. The Morgan fingerprint density at radius 1 is 1.06 bits per heavy atom. The zero-order valence-corrected chi connectivity index (χ0v) is 19.9. The van der Waals surface area contributed by atoms with Gasteiger partial charge in [-0.2, -0.15) is 5.12 Å². The van der Waals surface area contributed by atoms with Crippen molar-refractivity contribution in [2.24, 2.45) is 5.10 Å². The first-order valence-corrected chi connectivity index (χ1v) is 11.6. The Morgan fingerprint density at radius 3 is 2.54 bits per heavy atom. The third-order valence-corrected chi connectivity index (χ3v) is 6.42. The zero-order valence-electron chi connectivity index (χ0n) is 19.9. The highest BCUT2D eigenvalue weighted by Gasteiger charge is 2.24. The van der Waals surface area contributed by atoms with Crippen molar-refractivity contribution >= 4 is 12.0 Å². The molecule has 9 heteroatoms. The van der Waals surface area contributed by atoms with Crippen LogP contribution in [0, 0.1) is 0 Å². The fourth-order valence-corrected chi connectivity index (χ4v) is 4.41. The molecule has 1 N–H and O–H groups in total. The number of nitrogens with one attached hydrogen (secondary N) is 1. The maximum atomic E-state index is 12.6. The molecule has 0 bridgehead atoms. The first-order valence-electron chi connectivity index (χ1n) is 11.6. The van der Waals surface area contributed by atoms with Crippen molar-refractivity contribution in [2.75, 3.05) is 32.4 Å². The summed E-state index contributed by atoms with van der Waals surface area (Å²) >= 11 is 0. The Hall–Kier alpha value is -3.66. The molecule has 5 rings (SSSR count). The van der Waals surface area contributed by atoms with E-state index in [2.05, 4.69) is 44.8 Å². The van der Waals surface area contributed by atoms with Crippen molar-refractivity contribution in [2.45, 2.75) is 25.6 Å². The summed E-state index contributed by atoms with van der Waals surface area (Å²) in [5.41, 5.74) is 8.33. The monoisotopic (exact) mass is 473 g/mol. The average molecular weight is 474 g/mol. The molecule has 2 aromatic carbocycles. The molecule has 35 heavy (non-hydrogen) atoms. The Bertz CT molecular complexity index is 1170. The van der Waals surface area contributed by atoms with E-state index in [1.807, 2.05) is 12.1 Å². The van der Waals surface area contributed by atoms with Crippen molar-refractivity contribution < 1.29 is 14.6 Å². The van der Waals surface area contributed by atoms with Crippen LogP contribution in [0.5, 0.6) is 11.5 Å². The van der Waals surface area contributed by atoms with E-state index in [-0.39, 0.29) is 0 Å². The maximum absolute atomic E-state index is 12.6. The van der Waals surface area contributed by atoms with E-state index < -0.39 is 6.23 Å². The van der Waals surface area contributed by atoms with Gasteiger partial charge in [0, 0.05) is 37.6 Å². The summed E-state index contributed by atoms with van der Waals surface area (Å²) in [7, 11) is 3.35. The lowest BCUT2D eigenvalue weighted by atomic mass is 9.98. The van der Waals surface area contributed by atoms with E-state index in [0.29, 0.717) is 5.56 Å². The molecule has 0 saturated heterocycles. The van der Waals surface area contributed by atoms with E-state index in [4.69, 9.17) is 9.47 Å². The van der Waals surface area contributed by atoms with Crippen LogP contribution >= 0.6 is 0 Å². The first kappa shape index (κ1) is 23.1. The lowest BCUT2D eigenvalue weighted by molar-refractivity contribution is -0.0294. The van der Waals surface area contributed by atoms with Crippen LogP contribution < -0.4 is 20.1 Å². The van der Waals surface area contributed by atoms with Gasteiger partial charge in [-0.05, 0) is 59.9 Å². The van der Waals surface area contributed by atoms with Crippen LogP contribution in [0.4, 0.5) is 5.69 Å². The van der Waals surface area contributed by atoms with Gasteiger partial charge in [-0.25, -0.2) is 10.1 Å². The van der Waals surface area contributed by atoms with Crippen LogP contribution in [-0.2, 0) is 24.5 Å². The molecule has 2 aliphatic rings. The molecule has 1 aromatic heterocycles. The SMILES string of the molecule is COc1cc2c(cc1OC)CN(CCc1ccc(N3N=CN(C([O])c4cccnc4)N3)cc1)CC2. The largest absolute Gasteiger partial charge is 0.493 e. The number of ether oxygens (including phenoxy) is 2. The molecule has 1 unspecified atom stereocenters. The number of rotatable bonds is 8. The Morgan fingerprint density at radius 2 is 1.83 bits per heavy atom. The molecule has 0 fully saturated rings. The number of hydrogen-bond acceptors (Lipinski definition) is 8.